The molecule has 0 bridgehead atoms. The zero-order chi connectivity index (χ0) is 20.7. The summed E-state index contributed by atoms with van der Waals surface area (Å²) in [7, 11) is 1.58. The van der Waals surface area contributed by atoms with Gasteiger partial charge in [0.25, 0.3) is 0 Å². The lowest BCUT2D eigenvalue weighted by Gasteiger charge is -2.10. The molecule has 148 valence electrons. The number of carbonyl (C=O) groups is 1. The number of methoxy groups -OCH3 is 1. The number of anilines is 1. The van der Waals surface area contributed by atoms with Gasteiger partial charge in [0.05, 0.1) is 30.7 Å². The average Bonchev–Trinajstić information content (AvgIpc) is 3.07. The van der Waals surface area contributed by atoms with E-state index in [2.05, 4.69) is 5.32 Å². The zero-order valence-corrected chi connectivity index (χ0v) is 16.7. The molecule has 2 heterocycles. The van der Waals surface area contributed by atoms with E-state index in [1.54, 1.807) is 37.6 Å². The maximum absolute atomic E-state index is 12.6. The highest BCUT2D eigenvalue weighted by Crippen LogP contribution is 2.34. The van der Waals surface area contributed by atoms with Gasteiger partial charge in [0.1, 0.15) is 16.9 Å². The number of furan rings is 1. The van der Waals surface area contributed by atoms with Gasteiger partial charge < -0.3 is 18.9 Å². The third-order valence-corrected chi connectivity index (χ3v) is 5.18. The molecule has 2 aromatic heterocycles. The number of amides is 1. The molecule has 0 aliphatic carbocycles. The Morgan fingerprint density at radius 1 is 1.07 bits per heavy atom. The van der Waals surface area contributed by atoms with Crippen LogP contribution >= 0.6 is 0 Å². The smallest absolute Gasteiger partial charge is 0.340 e. The van der Waals surface area contributed by atoms with Gasteiger partial charge in [-0.25, -0.2) is 4.79 Å². The molecule has 0 unspecified atom stereocenters. The molecular weight excluding hydrogens is 370 g/mol. The molecule has 0 aliphatic heterocycles. The highest BCUT2D eigenvalue weighted by Gasteiger charge is 2.20. The van der Waals surface area contributed by atoms with E-state index in [1.807, 2.05) is 26.8 Å². The van der Waals surface area contributed by atoms with Crippen molar-refractivity contribution in [1.82, 2.24) is 0 Å². The fourth-order valence-electron chi connectivity index (χ4n) is 3.72. The Kier molecular flexibility index (Phi) is 4.62. The molecule has 0 fully saturated rings. The van der Waals surface area contributed by atoms with Crippen molar-refractivity contribution in [2.75, 3.05) is 12.4 Å². The molecule has 0 radical (unpaired) electrons. The predicted molar refractivity (Wildman–Crippen MR) is 112 cm³/mol. The highest BCUT2D eigenvalue weighted by atomic mass is 16.5. The van der Waals surface area contributed by atoms with Gasteiger partial charge in [-0.1, -0.05) is 0 Å². The Morgan fingerprint density at radius 2 is 1.79 bits per heavy atom. The average molecular weight is 391 g/mol. The van der Waals surface area contributed by atoms with Crippen LogP contribution in [-0.4, -0.2) is 13.0 Å². The maximum atomic E-state index is 12.6. The number of hydrogen-bond acceptors (Lipinski definition) is 5. The maximum Gasteiger partial charge on any atom is 0.340 e. The summed E-state index contributed by atoms with van der Waals surface area (Å²) in [6, 6.07) is 8.83. The molecule has 4 aromatic rings. The number of fused-ring (bicyclic) bond motifs is 3. The van der Waals surface area contributed by atoms with Crippen molar-refractivity contribution in [1.29, 1.82) is 0 Å². The lowest BCUT2D eigenvalue weighted by atomic mass is 9.99. The number of benzene rings is 2. The van der Waals surface area contributed by atoms with Crippen molar-refractivity contribution in [2.24, 2.45) is 0 Å². The van der Waals surface area contributed by atoms with E-state index in [4.69, 9.17) is 13.6 Å². The topological polar surface area (TPSA) is 81.7 Å². The van der Waals surface area contributed by atoms with Crippen LogP contribution in [0.4, 0.5) is 5.69 Å². The van der Waals surface area contributed by atoms with Gasteiger partial charge in [-0.2, -0.15) is 0 Å². The molecule has 0 aliphatic rings. The first-order valence-electron chi connectivity index (χ1n) is 9.26. The zero-order valence-electron chi connectivity index (χ0n) is 16.7. The Balaban J connectivity index is 1.73. The van der Waals surface area contributed by atoms with Gasteiger partial charge in [0.15, 0.2) is 0 Å². The standard InChI is InChI=1S/C23H21NO5/c1-12-9-18-21(22-20(12)13(2)11-28-22)14(3)17(23(26)29-18)10-19(25)24-15-5-7-16(27-4)8-6-15/h5-9,11H,10H2,1-4H3,(H,24,25). The molecule has 0 saturated heterocycles. The molecular formula is C23H21NO5. The molecule has 0 atom stereocenters. The second-order valence-electron chi connectivity index (χ2n) is 7.14. The molecule has 2 aromatic carbocycles. The van der Waals surface area contributed by atoms with E-state index in [9.17, 15) is 9.59 Å². The van der Waals surface area contributed by atoms with E-state index in [-0.39, 0.29) is 12.3 Å². The van der Waals surface area contributed by atoms with Crippen molar-refractivity contribution >= 4 is 33.5 Å². The molecule has 0 saturated carbocycles. The van der Waals surface area contributed by atoms with E-state index in [0.29, 0.717) is 33.7 Å². The van der Waals surface area contributed by atoms with Crippen LogP contribution < -0.4 is 15.7 Å². The summed E-state index contributed by atoms with van der Waals surface area (Å²) in [4.78, 5) is 25.1. The van der Waals surface area contributed by atoms with Crippen molar-refractivity contribution in [3.8, 4) is 5.75 Å². The fraction of sp³-hybridized carbons (Fsp3) is 0.217. The summed E-state index contributed by atoms with van der Waals surface area (Å²) >= 11 is 0. The summed E-state index contributed by atoms with van der Waals surface area (Å²) in [6.07, 6.45) is 1.60. The SMILES string of the molecule is COc1ccc(NC(=O)Cc2c(C)c3c(cc(C)c4c(C)coc43)oc2=O)cc1. The third-order valence-electron chi connectivity index (χ3n) is 5.18. The largest absolute Gasteiger partial charge is 0.497 e. The van der Waals surface area contributed by atoms with Crippen LogP contribution in [0.25, 0.3) is 21.9 Å². The van der Waals surface area contributed by atoms with Gasteiger partial charge >= 0.3 is 5.63 Å². The van der Waals surface area contributed by atoms with E-state index < -0.39 is 5.63 Å². The number of rotatable bonds is 4. The Bertz CT molecular complexity index is 1300. The van der Waals surface area contributed by atoms with Crippen LogP contribution in [0.1, 0.15) is 22.3 Å². The lowest BCUT2D eigenvalue weighted by Crippen LogP contribution is -2.20. The van der Waals surface area contributed by atoms with Crippen molar-refractivity contribution in [3.63, 3.8) is 0 Å². The fourth-order valence-corrected chi connectivity index (χ4v) is 3.72. The highest BCUT2D eigenvalue weighted by molar-refractivity contribution is 6.07. The third kappa shape index (κ3) is 3.27. The van der Waals surface area contributed by atoms with Gasteiger partial charge in [-0.15, -0.1) is 0 Å². The summed E-state index contributed by atoms with van der Waals surface area (Å²) in [5, 5.41) is 4.53. The molecule has 1 N–H and O–H groups in total. The molecule has 1 amide bonds. The number of hydrogen-bond donors (Lipinski definition) is 1. The predicted octanol–water partition coefficient (Wildman–Crippen LogP) is 4.65. The first-order chi connectivity index (χ1) is 13.9. The minimum atomic E-state index is -0.512. The van der Waals surface area contributed by atoms with Crippen LogP contribution in [-0.2, 0) is 11.2 Å². The van der Waals surface area contributed by atoms with E-state index >= 15 is 0 Å². The van der Waals surface area contributed by atoms with Crippen LogP contribution in [0, 0.1) is 20.8 Å². The lowest BCUT2D eigenvalue weighted by molar-refractivity contribution is -0.115. The van der Waals surface area contributed by atoms with Crippen LogP contribution in [0.2, 0.25) is 0 Å². The monoisotopic (exact) mass is 391 g/mol. The van der Waals surface area contributed by atoms with Gasteiger partial charge in [0, 0.05) is 11.1 Å². The summed E-state index contributed by atoms with van der Waals surface area (Å²) < 4.78 is 16.4. The van der Waals surface area contributed by atoms with Crippen LogP contribution in [0.15, 0.2) is 50.2 Å². The second kappa shape index (κ2) is 7.13. The number of nitrogens with one attached hydrogen (secondary N) is 1. The number of carbonyl (C=O) groups excluding carboxylic acids is 1. The van der Waals surface area contributed by atoms with Crippen molar-refractivity contribution in [2.45, 2.75) is 27.2 Å². The first kappa shape index (κ1) is 18.8. The number of aryl methyl sites for hydroxylation is 3. The van der Waals surface area contributed by atoms with Gasteiger partial charge in [-0.05, 0) is 67.8 Å². The van der Waals surface area contributed by atoms with E-state index in [0.717, 1.165) is 21.9 Å². The van der Waals surface area contributed by atoms with Crippen molar-refractivity contribution < 1.29 is 18.4 Å². The molecule has 29 heavy (non-hydrogen) atoms. The van der Waals surface area contributed by atoms with Crippen LogP contribution in [0.5, 0.6) is 5.75 Å². The molecule has 4 rings (SSSR count). The molecule has 0 spiro atoms. The Labute approximate surface area is 167 Å². The molecule has 6 nitrogen and oxygen atoms in total. The Hall–Kier alpha value is -3.54. The van der Waals surface area contributed by atoms with Gasteiger partial charge in [-0.3, -0.25) is 4.79 Å². The minimum absolute atomic E-state index is 0.0921. The summed E-state index contributed by atoms with van der Waals surface area (Å²) in [5.41, 5.74) is 4.26. The first-order valence-corrected chi connectivity index (χ1v) is 9.26. The number of ether oxygens (including phenoxy) is 1. The Morgan fingerprint density at radius 3 is 2.48 bits per heavy atom. The second-order valence-corrected chi connectivity index (χ2v) is 7.14. The van der Waals surface area contributed by atoms with E-state index in [1.165, 1.54) is 0 Å². The van der Waals surface area contributed by atoms with Crippen molar-refractivity contribution in [3.05, 3.63) is 69.3 Å². The summed E-state index contributed by atoms with van der Waals surface area (Å²) in [5.74, 6) is 0.394. The molecule has 6 heteroatoms. The quantitative estimate of drug-likeness (QED) is 0.512. The van der Waals surface area contributed by atoms with Crippen LogP contribution in [0.3, 0.4) is 0 Å². The van der Waals surface area contributed by atoms with Gasteiger partial charge in [0.2, 0.25) is 5.91 Å². The normalized spacial score (nSPS) is 11.2. The summed E-state index contributed by atoms with van der Waals surface area (Å²) in [6.45, 7) is 5.75. The minimum Gasteiger partial charge on any atom is -0.497 e.